The van der Waals surface area contributed by atoms with Crippen LogP contribution in [-0.2, 0) is 6.61 Å². The molecule has 0 radical (unpaired) electrons. The molecule has 98 valence electrons. The zero-order valence-corrected chi connectivity index (χ0v) is 11.1. The summed E-state index contributed by atoms with van der Waals surface area (Å²) >= 11 is 0. The summed E-state index contributed by atoms with van der Waals surface area (Å²) in [7, 11) is 0. The molecule has 2 aromatic rings. The van der Waals surface area contributed by atoms with Gasteiger partial charge in [-0.05, 0) is 30.2 Å². The minimum Gasteiger partial charge on any atom is -0.493 e. The Bertz CT molecular complexity index is 581. The maximum Gasteiger partial charge on any atom is 0.131 e. The summed E-state index contributed by atoms with van der Waals surface area (Å²) in [5.41, 5.74) is 3.46. The van der Waals surface area contributed by atoms with Crippen molar-refractivity contribution in [1.29, 1.82) is 0 Å². The normalized spacial score (nSPS) is 12.3. The third kappa shape index (κ3) is 2.41. The fourth-order valence-electron chi connectivity index (χ4n) is 2.23. The molecular weight excluding hydrogens is 238 g/mol. The highest BCUT2D eigenvalue weighted by molar-refractivity contribution is 5.75. The lowest BCUT2D eigenvalue weighted by Crippen LogP contribution is -2.06. The van der Waals surface area contributed by atoms with Crippen LogP contribution in [0, 0.1) is 0 Å². The van der Waals surface area contributed by atoms with Crippen LogP contribution in [0.1, 0.15) is 25.3 Å². The van der Waals surface area contributed by atoms with E-state index >= 15 is 0 Å². The van der Waals surface area contributed by atoms with Gasteiger partial charge >= 0.3 is 0 Å². The Morgan fingerprint density at radius 2 is 2.21 bits per heavy atom. The van der Waals surface area contributed by atoms with Crippen LogP contribution in [-0.4, -0.2) is 11.6 Å². The standard InChI is InChI=1S/C16H17NO2/c1-2-3-8-18-13-4-5-15-14-6-7-17-10-12(14)11-19-16(15)9-13/h4-7,9-10H,2-3,8,11H2,1H3. The van der Waals surface area contributed by atoms with Crippen LogP contribution in [0.5, 0.6) is 11.5 Å². The summed E-state index contributed by atoms with van der Waals surface area (Å²) in [6, 6.07) is 8.09. The average Bonchev–Trinajstić information content (AvgIpc) is 2.47. The molecule has 0 spiro atoms. The smallest absolute Gasteiger partial charge is 0.131 e. The third-order valence-electron chi connectivity index (χ3n) is 3.30. The van der Waals surface area contributed by atoms with Crippen LogP contribution in [0.4, 0.5) is 0 Å². The Kier molecular flexibility index (Phi) is 3.36. The molecule has 0 aliphatic carbocycles. The number of ether oxygens (including phenoxy) is 2. The van der Waals surface area contributed by atoms with Gasteiger partial charge in [0.1, 0.15) is 18.1 Å². The second kappa shape index (κ2) is 5.31. The van der Waals surface area contributed by atoms with Gasteiger partial charge in [-0.3, -0.25) is 4.98 Å². The fourth-order valence-corrected chi connectivity index (χ4v) is 2.23. The van der Waals surface area contributed by atoms with E-state index in [-0.39, 0.29) is 0 Å². The number of pyridine rings is 1. The number of nitrogens with zero attached hydrogens (tertiary/aromatic N) is 1. The maximum atomic E-state index is 5.78. The Morgan fingerprint density at radius 1 is 1.26 bits per heavy atom. The molecule has 0 saturated heterocycles. The van der Waals surface area contributed by atoms with Crippen molar-refractivity contribution >= 4 is 0 Å². The minimum atomic E-state index is 0.578. The summed E-state index contributed by atoms with van der Waals surface area (Å²) in [5, 5.41) is 0. The molecule has 2 heterocycles. The van der Waals surface area contributed by atoms with Gasteiger partial charge in [0.05, 0.1) is 6.61 Å². The van der Waals surface area contributed by atoms with E-state index < -0.39 is 0 Å². The van der Waals surface area contributed by atoms with Gasteiger partial charge < -0.3 is 9.47 Å². The van der Waals surface area contributed by atoms with E-state index in [2.05, 4.69) is 18.0 Å². The number of unbranched alkanes of at least 4 members (excludes halogenated alkanes) is 1. The van der Waals surface area contributed by atoms with Crippen LogP contribution in [0.2, 0.25) is 0 Å². The number of rotatable bonds is 4. The SMILES string of the molecule is CCCCOc1ccc2c(c1)OCc1cnccc1-2. The molecule has 3 nitrogen and oxygen atoms in total. The van der Waals surface area contributed by atoms with Crippen molar-refractivity contribution < 1.29 is 9.47 Å². The highest BCUT2D eigenvalue weighted by atomic mass is 16.5. The molecule has 0 amide bonds. The number of benzene rings is 1. The second-order valence-electron chi connectivity index (χ2n) is 4.68. The first-order valence-corrected chi connectivity index (χ1v) is 6.71. The lowest BCUT2D eigenvalue weighted by molar-refractivity contribution is 0.289. The van der Waals surface area contributed by atoms with Crippen molar-refractivity contribution in [3.05, 3.63) is 42.2 Å². The molecule has 0 saturated carbocycles. The lowest BCUT2D eigenvalue weighted by atomic mass is 9.99. The van der Waals surface area contributed by atoms with E-state index in [1.807, 2.05) is 30.6 Å². The Balaban J connectivity index is 1.87. The van der Waals surface area contributed by atoms with E-state index in [0.29, 0.717) is 6.61 Å². The van der Waals surface area contributed by atoms with E-state index in [1.54, 1.807) is 0 Å². The summed E-state index contributed by atoms with van der Waals surface area (Å²) in [6.45, 7) is 3.49. The van der Waals surface area contributed by atoms with Crippen molar-refractivity contribution in [3.63, 3.8) is 0 Å². The molecule has 1 aromatic carbocycles. The largest absolute Gasteiger partial charge is 0.493 e. The molecule has 1 aliphatic rings. The first-order chi connectivity index (χ1) is 9.38. The van der Waals surface area contributed by atoms with E-state index in [9.17, 15) is 0 Å². The summed E-state index contributed by atoms with van der Waals surface area (Å²) in [5.74, 6) is 1.78. The number of fused-ring (bicyclic) bond motifs is 3. The zero-order valence-electron chi connectivity index (χ0n) is 11.1. The minimum absolute atomic E-state index is 0.578. The van der Waals surface area contributed by atoms with E-state index in [0.717, 1.165) is 42.1 Å². The van der Waals surface area contributed by atoms with E-state index in [4.69, 9.17) is 9.47 Å². The molecule has 0 atom stereocenters. The first kappa shape index (κ1) is 12.0. The number of hydrogen-bond donors (Lipinski definition) is 0. The second-order valence-corrected chi connectivity index (χ2v) is 4.68. The van der Waals surface area contributed by atoms with Gasteiger partial charge in [-0.25, -0.2) is 0 Å². The van der Waals surface area contributed by atoms with Gasteiger partial charge in [-0.2, -0.15) is 0 Å². The lowest BCUT2D eigenvalue weighted by Gasteiger charge is -2.20. The van der Waals surface area contributed by atoms with Gasteiger partial charge in [-0.1, -0.05) is 13.3 Å². The van der Waals surface area contributed by atoms with Crippen molar-refractivity contribution in [2.75, 3.05) is 6.61 Å². The molecule has 0 N–H and O–H groups in total. The Labute approximate surface area is 113 Å². The zero-order chi connectivity index (χ0) is 13.1. The molecule has 1 aromatic heterocycles. The van der Waals surface area contributed by atoms with Gasteiger partial charge in [0.15, 0.2) is 0 Å². The number of aromatic nitrogens is 1. The van der Waals surface area contributed by atoms with Crippen LogP contribution >= 0.6 is 0 Å². The van der Waals surface area contributed by atoms with Crippen molar-refractivity contribution in [3.8, 4) is 22.6 Å². The average molecular weight is 255 g/mol. The van der Waals surface area contributed by atoms with Gasteiger partial charge in [0.25, 0.3) is 0 Å². The quantitative estimate of drug-likeness (QED) is 0.778. The Hall–Kier alpha value is -2.03. The molecule has 0 fully saturated rings. The predicted molar refractivity (Wildman–Crippen MR) is 74.4 cm³/mol. The topological polar surface area (TPSA) is 31.4 Å². The number of hydrogen-bond acceptors (Lipinski definition) is 3. The first-order valence-electron chi connectivity index (χ1n) is 6.71. The molecule has 19 heavy (non-hydrogen) atoms. The van der Waals surface area contributed by atoms with Gasteiger partial charge in [0.2, 0.25) is 0 Å². The van der Waals surface area contributed by atoms with Gasteiger partial charge in [-0.15, -0.1) is 0 Å². The van der Waals surface area contributed by atoms with Crippen LogP contribution in [0.3, 0.4) is 0 Å². The van der Waals surface area contributed by atoms with Crippen LogP contribution < -0.4 is 9.47 Å². The van der Waals surface area contributed by atoms with Crippen LogP contribution in [0.15, 0.2) is 36.7 Å². The Morgan fingerprint density at radius 3 is 3.11 bits per heavy atom. The maximum absolute atomic E-state index is 5.78. The molecule has 3 rings (SSSR count). The summed E-state index contributed by atoms with van der Waals surface area (Å²) in [6.07, 6.45) is 5.90. The molecule has 1 aliphatic heterocycles. The highest BCUT2D eigenvalue weighted by Crippen LogP contribution is 2.39. The fraction of sp³-hybridized carbons (Fsp3) is 0.312. The van der Waals surface area contributed by atoms with Gasteiger partial charge in [0, 0.05) is 29.6 Å². The molecule has 0 bridgehead atoms. The van der Waals surface area contributed by atoms with E-state index in [1.165, 1.54) is 5.56 Å². The van der Waals surface area contributed by atoms with Crippen LogP contribution in [0.25, 0.3) is 11.1 Å². The monoisotopic (exact) mass is 255 g/mol. The molecule has 3 heteroatoms. The predicted octanol–water partition coefficient (Wildman–Crippen LogP) is 3.82. The summed E-state index contributed by atoms with van der Waals surface area (Å²) in [4.78, 5) is 4.13. The molecular formula is C16H17NO2. The van der Waals surface area contributed by atoms with Crippen molar-refractivity contribution in [1.82, 2.24) is 4.98 Å². The highest BCUT2D eigenvalue weighted by Gasteiger charge is 2.17. The van der Waals surface area contributed by atoms with Crippen molar-refractivity contribution in [2.45, 2.75) is 26.4 Å². The van der Waals surface area contributed by atoms with Crippen molar-refractivity contribution in [2.24, 2.45) is 0 Å². The third-order valence-corrected chi connectivity index (χ3v) is 3.30. The molecule has 0 unspecified atom stereocenters. The summed E-state index contributed by atoms with van der Waals surface area (Å²) < 4.78 is 11.5.